The van der Waals surface area contributed by atoms with Crippen molar-refractivity contribution in [1.82, 2.24) is 8.87 Å². The lowest BCUT2D eigenvalue weighted by Gasteiger charge is -2.26. The fraction of sp³-hybridized carbons (Fsp3) is 0.438. The van der Waals surface area contributed by atoms with Crippen LogP contribution in [0.25, 0.3) is 16.7 Å². The van der Waals surface area contributed by atoms with E-state index in [0.717, 1.165) is 53.2 Å². The third-order valence-electron chi connectivity index (χ3n) is 8.55. The molecule has 1 aromatic carbocycles. The number of carbonyl (C=O) groups excluding carboxylic acids is 2. The van der Waals surface area contributed by atoms with Crippen LogP contribution in [0.2, 0.25) is 0 Å². The van der Waals surface area contributed by atoms with E-state index in [-0.39, 0.29) is 16.8 Å². The van der Waals surface area contributed by atoms with Crippen molar-refractivity contribution in [3.63, 3.8) is 0 Å². The summed E-state index contributed by atoms with van der Waals surface area (Å²) in [6, 6.07) is 6.97. The van der Waals surface area contributed by atoms with Crippen molar-refractivity contribution in [2.45, 2.75) is 58.3 Å². The summed E-state index contributed by atoms with van der Waals surface area (Å²) in [5.41, 5.74) is 6.18. The average molecular weight is 624 g/mol. The van der Waals surface area contributed by atoms with Gasteiger partial charge >= 0.3 is 5.97 Å². The number of esters is 1. The predicted octanol–water partition coefficient (Wildman–Crippen LogP) is 5.14. The van der Waals surface area contributed by atoms with E-state index in [0.29, 0.717) is 61.8 Å². The number of aromatic nitrogens is 1. The molecule has 9 nitrogen and oxygen atoms in total. The maximum Gasteiger partial charge on any atom is 0.341 e. The zero-order valence-electron chi connectivity index (χ0n) is 25.1. The molecule has 6 rings (SSSR count). The minimum Gasteiger partial charge on any atom is -0.462 e. The molecule has 0 saturated carbocycles. The maximum atomic E-state index is 13.7. The molecule has 0 atom stereocenters. The number of ether oxygens (including phenoxy) is 2. The molecule has 0 spiro atoms. The molecule has 1 aliphatic carbocycles. The number of fused-ring (bicyclic) bond motifs is 2. The SMILES string of the molecule is CCOC(=O)c1c(-n2c(C)cc(/C=C3/C(=O)N(CC)c4ccc(S(=O)(=O)N5CCOCC5)cc43)c2C)sc2c1CCCC2. The normalized spacial score (nSPS) is 18.3. The van der Waals surface area contributed by atoms with E-state index in [9.17, 15) is 18.0 Å². The van der Waals surface area contributed by atoms with Crippen molar-refractivity contribution in [1.29, 1.82) is 0 Å². The van der Waals surface area contributed by atoms with Crippen molar-refractivity contribution < 1.29 is 27.5 Å². The van der Waals surface area contributed by atoms with E-state index in [4.69, 9.17) is 9.47 Å². The van der Waals surface area contributed by atoms with Crippen LogP contribution in [0, 0.1) is 13.8 Å². The number of nitrogens with zero attached hydrogens (tertiary/aromatic N) is 3. The molecule has 1 saturated heterocycles. The molecule has 3 aliphatic rings. The Morgan fingerprint density at radius 2 is 1.84 bits per heavy atom. The lowest BCUT2D eigenvalue weighted by molar-refractivity contribution is -0.112. The monoisotopic (exact) mass is 623 g/mol. The topological polar surface area (TPSA) is 98.2 Å². The van der Waals surface area contributed by atoms with Crippen LogP contribution >= 0.6 is 11.3 Å². The highest BCUT2D eigenvalue weighted by molar-refractivity contribution is 7.89. The van der Waals surface area contributed by atoms with Crippen LogP contribution in [0.1, 0.15) is 70.0 Å². The Hall–Kier alpha value is -3.25. The number of hydrogen-bond donors (Lipinski definition) is 0. The van der Waals surface area contributed by atoms with Gasteiger partial charge in [-0.15, -0.1) is 11.3 Å². The molecule has 43 heavy (non-hydrogen) atoms. The van der Waals surface area contributed by atoms with Crippen LogP contribution < -0.4 is 4.90 Å². The lowest BCUT2D eigenvalue weighted by atomic mass is 9.95. The fourth-order valence-electron chi connectivity index (χ4n) is 6.41. The summed E-state index contributed by atoms with van der Waals surface area (Å²) in [6.07, 6.45) is 5.84. The first-order valence-corrected chi connectivity index (χ1v) is 17.2. The van der Waals surface area contributed by atoms with Crippen molar-refractivity contribution in [2.75, 3.05) is 44.4 Å². The van der Waals surface area contributed by atoms with Crippen LogP contribution in [-0.2, 0) is 37.1 Å². The molecule has 2 aliphatic heterocycles. The van der Waals surface area contributed by atoms with Gasteiger partial charge in [0.25, 0.3) is 5.91 Å². The zero-order chi connectivity index (χ0) is 30.5. The van der Waals surface area contributed by atoms with Gasteiger partial charge in [-0.25, -0.2) is 13.2 Å². The van der Waals surface area contributed by atoms with Crippen molar-refractivity contribution >= 4 is 50.6 Å². The van der Waals surface area contributed by atoms with Gasteiger partial charge in [0.1, 0.15) is 5.00 Å². The molecule has 11 heteroatoms. The third kappa shape index (κ3) is 5.05. The molecule has 2 aromatic heterocycles. The molecule has 0 bridgehead atoms. The Kier molecular flexibility index (Phi) is 8.10. The van der Waals surface area contributed by atoms with E-state index >= 15 is 0 Å². The number of morpholine rings is 1. The number of thiophene rings is 1. The first kappa shape index (κ1) is 29.8. The Balaban J connectivity index is 1.45. The number of aryl methyl sites for hydroxylation is 2. The Bertz CT molecular complexity index is 1740. The number of anilines is 1. The van der Waals surface area contributed by atoms with Gasteiger partial charge < -0.3 is 18.9 Å². The summed E-state index contributed by atoms with van der Waals surface area (Å²) < 4.78 is 41.3. The summed E-state index contributed by atoms with van der Waals surface area (Å²) in [5, 5.41) is 0.859. The van der Waals surface area contributed by atoms with Crippen LogP contribution in [0.3, 0.4) is 0 Å². The van der Waals surface area contributed by atoms with E-state index in [2.05, 4.69) is 4.57 Å². The number of sulfonamides is 1. The molecular weight excluding hydrogens is 587 g/mol. The number of hydrogen-bond acceptors (Lipinski definition) is 7. The summed E-state index contributed by atoms with van der Waals surface area (Å²) >= 11 is 1.65. The number of amides is 1. The highest BCUT2D eigenvalue weighted by atomic mass is 32.2. The number of likely N-dealkylation sites (N-methyl/N-ethyl adjacent to an activating group) is 1. The van der Waals surface area contributed by atoms with Crippen molar-refractivity contribution in [3.05, 3.63) is 62.8 Å². The zero-order valence-corrected chi connectivity index (χ0v) is 26.7. The third-order valence-corrected chi connectivity index (χ3v) is 11.7. The molecule has 228 valence electrons. The molecule has 0 radical (unpaired) electrons. The lowest BCUT2D eigenvalue weighted by Crippen LogP contribution is -2.40. The largest absolute Gasteiger partial charge is 0.462 e. The molecule has 1 amide bonds. The molecule has 4 heterocycles. The highest BCUT2D eigenvalue weighted by Gasteiger charge is 2.35. The molecule has 0 unspecified atom stereocenters. The van der Waals surface area contributed by atoms with Gasteiger partial charge in [0.2, 0.25) is 10.0 Å². The van der Waals surface area contributed by atoms with Gasteiger partial charge in [0.15, 0.2) is 0 Å². The fourth-order valence-corrected chi connectivity index (χ4v) is 9.33. The van der Waals surface area contributed by atoms with Crippen LogP contribution in [-0.4, -0.2) is 68.6 Å². The van der Waals surface area contributed by atoms with E-state index in [1.165, 1.54) is 9.18 Å². The minimum atomic E-state index is -3.74. The van der Waals surface area contributed by atoms with Gasteiger partial charge in [-0.05, 0) is 94.8 Å². The van der Waals surface area contributed by atoms with Crippen LogP contribution in [0.5, 0.6) is 0 Å². The van der Waals surface area contributed by atoms with E-state index in [1.807, 2.05) is 39.8 Å². The summed E-state index contributed by atoms with van der Waals surface area (Å²) in [6.45, 7) is 9.80. The number of carbonyl (C=O) groups is 2. The first-order chi connectivity index (χ1) is 20.7. The minimum absolute atomic E-state index is 0.165. The standard InChI is InChI=1S/C32H37N3O6S2/c1-5-34-27-12-11-23(43(38,39)33-13-15-40-16-14-33)19-25(27)26(30(34)36)18-22-17-20(3)35(21(22)4)31-29(32(37)41-6-2)24-9-7-8-10-28(24)42-31/h11-12,17-19H,5-10,13-16H2,1-4H3/b26-18+. The summed E-state index contributed by atoms with van der Waals surface area (Å²) in [5.74, 6) is -0.459. The van der Waals surface area contributed by atoms with Gasteiger partial charge in [0, 0.05) is 47.0 Å². The predicted molar refractivity (Wildman–Crippen MR) is 168 cm³/mol. The van der Waals surface area contributed by atoms with Gasteiger partial charge in [0.05, 0.1) is 36.0 Å². The highest BCUT2D eigenvalue weighted by Crippen LogP contribution is 2.42. The van der Waals surface area contributed by atoms with Crippen molar-refractivity contribution in [3.8, 4) is 5.00 Å². The Labute approximate surface area is 256 Å². The quantitative estimate of drug-likeness (QED) is 0.267. The van der Waals surface area contributed by atoms with Gasteiger partial charge in [-0.3, -0.25) is 4.79 Å². The average Bonchev–Trinajstić information content (AvgIpc) is 3.61. The summed E-state index contributed by atoms with van der Waals surface area (Å²) in [4.78, 5) is 30.0. The van der Waals surface area contributed by atoms with E-state index < -0.39 is 10.0 Å². The second-order valence-electron chi connectivity index (χ2n) is 11.1. The number of benzene rings is 1. The van der Waals surface area contributed by atoms with Crippen LogP contribution in [0.15, 0.2) is 29.2 Å². The molecule has 1 fully saturated rings. The molecular formula is C32H37N3O6S2. The number of rotatable bonds is 7. The summed E-state index contributed by atoms with van der Waals surface area (Å²) in [7, 11) is -3.74. The molecule has 0 N–H and O–H groups in total. The van der Waals surface area contributed by atoms with Crippen LogP contribution in [0.4, 0.5) is 5.69 Å². The van der Waals surface area contributed by atoms with Gasteiger partial charge in [-0.2, -0.15) is 4.31 Å². The van der Waals surface area contributed by atoms with Crippen molar-refractivity contribution in [2.24, 2.45) is 0 Å². The maximum absolute atomic E-state index is 13.7. The second kappa shape index (κ2) is 11.7. The smallest absolute Gasteiger partial charge is 0.341 e. The Morgan fingerprint density at radius 3 is 2.56 bits per heavy atom. The molecule has 3 aromatic rings. The van der Waals surface area contributed by atoms with E-state index in [1.54, 1.807) is 34.4 Å². The Morgan fingerprint density at radius 1 is 1.09 bits per heavy atom. The second-order valence-corrected chi connectivity index (χ2v) is 14.1. The first-order valence-electron chi connectivity index (χ1n) is 14.9. The van der Waals surface area contributed by atoms with Gasteiger partial charge in [-0.1, -0.05) is 0 Å².